The number of ether oxygens (including phenoxy) is 6. The summed E-state index contributed by atoms with van der Waals surface area (Å²) in [6, 6.07) is 0. The van der Waals surface area contributed by atoms with E-state index in [1.165, 1.54) is 44.9 Å². The van der Waals surface area contributed by atoms with Crippen LogP contribution in [0.3, 0.4) is 0 Å². The molecule has 5 atom stereocenters. The maximum atomic E-state index is 13.9. The summed E-state index contributed by atoms with van der Waals surface area (Å²) in [5, 5.41) is 27.9. The second kappa shape index (κ2) is 53.4. The number of carbonyl (C=O) groups excluding carboxylic acids is 3. The molecule has 0 aromatic carbocycles. The van der Waals surface area contributed by atoms with Crippen molar-refractivity contribution in [2.75, 3.05) is 52.9 Å². The average Bonchev–Trinajstić information content (AvgIpc) is 3.40. The lowest BCUT2D eigenvalue weighted by Crippen LogP contribution is -2.32. The van der Waals surface area contributed by atoms with Gasteiger partial charge in [-0.2, -0.15) is 0 Å². The molecule has 0 amide bonds. The van der Waals surface area contributed by atoms with Gasteiger partial charge in [0.05, 0.1) is 63.9 Å². The minimum Gasteiger partial charge on any atom is -0.462 e. The van der Waals surface area contributed by atoms with Crippen molar-refractivity contribution in [3.05, 3.63) is 36.0 Å². The summed E-state index contributed by atoms with van der Waals surface area (Å²) in [5.74, 6) is -1.45. The number of allylic oxidation sites excluding steroid dienone is 2. The van der Waals surface area contributed by atoms with Crippen molar-refractivity contribution in [1.82, 2.24) is 0 Å². The molecule has 1 saturated carbocycles. The van der Waals surface area contributed by atoms with Gasteiger partial charge in [-0.15, -0.1) is 0 Å². The number of aliphatic hydroxyl groups excluding tert-OH is 3. The highest BCUT2D eigenvalue weighted by Gasteiger charge is 2.28. The molecule has 1 rings (SSSR count). The van der Waals surface area contributed by atoms with Crippen LogP contribution < -0.4 is 0 Å². The van der Waals surface area contributed by atoms with Gasteiger partial charge < -0.3 is 43.7 Å². The first-order chi connectivity index (χ1) is 36.8. The average molecular weight is 1060 g/mol. The van der Waals surface area contributed by atoms with Crippen LogP contribution in [0.5, 0.6) is 0 Å². The first-order valence-electron chi connectivity index (χ1n) is 31.0. The molecule has 0 bridgehead atoms. The minimum atomic E-state index is -0.895. The molecular formula is C63H114O12. The van der Waals surface area contributed by atoms with Gasteiger partial charge in [0, 0.05) is 12.8 Å². The van der Waals surface area contributed by atoms with Crippen molar-refractivity contribution >= 4 is 17.9 Å². The van der Waals surface area contributed by atoms with E-state index in [-0.39, 0.29) is 82.1 Å². The second-order valence-electron chi connectivity index (χ2n) is 21.2. The van der Waals surface area contributed by atoms with Crippen molar-refractivity contribution in [3.63, 3.8) is 0 Å². The third kappa shape index (κ3) is 43.0. The Hall–Kier alpha value is -2.61. The zero-order chi connectivity index (χ0) is 54.5. The summed E-state index contributed by atoms with van der Waals surface area (Å²) in [4.78, 5) is 40.2. The molecule has 12 heteroatoms. The van der Waals surface area contributed by atoms with Gasteiger partial charge in [0.15, 0.2) is 6.10 Å². The quantitative estimate of drug-likeness (QED) is 0.0229. The molecule has 1 fully saturated rings. The Balaban J connectivity index is 2.76. The third-order valence-corrected chi connectivity index (χ3v) is 14.3. The highest BCUT2D eigenvalue weighted by atomic mass is 16.6. The summed E-state index contributed by atoms with van der Waals surface area (Å²) in [7, 11) is 0. The van der Waals surface area contributed by atoms with Crippen LogP contribution >= 0.6 is 0 Å². The summed E-state index contributed by atoms with van der Waals surface area (Å²) in [6.45, 7) is 7.45. The summed E-state index contributed by atoms with van der Waals surface area (Å²) < 4.78 is 35.3. The Labute approximate surface area is 458 Å². The van der Waals surface area contributed by atoms with Gasteiger partial charge in [0.2, 0.25) is 0 Å². The Kier molecular flexibility index (Phi) is 50.1. The lowest BCUT2D eigenvalue weighted by Gasteiger charge is -2.24. The van der Waals surface area contributed by atoms with Gasteiger partial charge in [-0.05, 0) is 96.3 Å². The van der Waals surface area contributed by atoms with Crippen molar-refractivity contribution in [2.45, 2.75) is 289 Å². The molecule has 5 unspecified atom stereocenters. The van der Waals surface area contributed by atoms with E-state index in [0.29, 0.717) is 45.5 Å². The Morgan fingerprint density at radius 3 is 1.43 bits per heavy atom. The number of hydrogen-bond donors (Lipinski definition) is 3. The molecule has 1 aliphatic rings. The lowest BCUT2D eigenvalue weighted by atomic mass is 9.85. The fourth-order valence-corrected chi connectivity index (χ4v) is 9.80. The van der Waals surface area contributed by atoms with Crippen molar-refractivity contribution in [1.29, 1.82) is 0 Å². The Bertz CT molecular complexity index is 1400. The highest BCUT2D eigenvalue weighted by Crippen LogP contribution is 2.30. The van der Waals surface area contributed by atoms with E-state index in [0.717, 1.165) is 166 Å². The van der Waals surface area contributed by atoms with Crippen LogP contribution in [0, 0.1) is 5.92 Å². The van der Waals surface area contributed by atoms with Crippen LogP contribution in [0.4, 0.5) is 0 Å². The number of aliphatic hydroxyl groups is 3. The molecule has 0 aromatic rings. The minimum absolute atomic E-state index is 0.0164. The molecule has 12 nitrogen and oxygen atoms in total. The van der Waals surface area contributed by atoms with E-state index in [9.17, 15) is 29.7 Å². The largest absolute Gasteiger partial charge is 0.462 e. The number of esters is 3. The molecular weight excluding hydrogens is 949 g/mol. The van der Waals surface area contributed by atoms with E-state index in [4.69, 9.17) is 28.4 Å². The van der Waals surface area contributed by atoms with E-state index >= 15 is 0 Å². The number of carbonyl (C=O) groups is 3. The van der Waals surface area contributed by atoms with Crippen LogP contribution in [0.25, 0.3) is 0 Å². The monoisotopic (exact) mass is 1060 g/mol. The third-order valence-electron chi connectivity index (χ3n) is 14.3. The van der Waals surface area contributed by atoms with Crippen molar-refractivity contribution < 1.29 is 58.1 Å². The Morgan fingerprint density at radius 1 is 0.480 bits per heavy atom. The topological polar surface area (TPSA) is 167 Å². The fourth-order valence-electron chi connectivity index (χ4n) is 9.80. The van der Waals surface area contributed by atoms with Gasteiger partial charge in [-0.25, -0.2) is 0 Å². The van der Waals surface area contributed by atoms with E-state index in [1.807, 2.05) is 0 Å². The van der Waals surface area contributed by atoms with Crippen LogP contribution in [-0.2, 0) is 42.8 Å². The van der Waals surface area contributed by atoms with Gasteiger partial charge in [0.25, 0.3) is 0 Å². The van der Waals surface area contributed by atoms with Gasteiger partial charge >= 0.3 is 17.9 Å². The van der Waals surface area contributed by atoms with Crippen LogP contribution in [0.1, 0.15) is 265 Å². The molecule has 0 heterocycles. The SMILES string of the molecule is CCCCCCC(C/C=C\CCCCCCCC(=O)OC(COC(=O)CCCCCCC/C=C/CC(CCCCCC)OCCO)COC(=O)C1CCCCCC/C1=C\CC(CCCCCC)OCCO)OCCO. The predicted molar refractivity (Wildman–Crippen MR) is 305 cm³/mol. The van der Waals surface area contributed by atoms with Crippen LogP contribution in [0.2, 0.25) is 0 Å². The number of unbranched alkanes of at least 4 members (excludes halogenated alkanes) is 19. The van der Waals surface area contributed by atoms with Gasteiger partial charge in [-0.1, -0.05) is 192 Å². The number of rotatable bonds is 52. The summed E-state index contributed by atoms with van der Waals surface area (Å²) >= 11 is 0. The zero-order valence-electron chi connectivity index (χ0n) is 48.3. The smallest absolute Gasteiger partial charge is 0.313 e. The van der Waals surface area contributed by atoms with E-state index < -0.39 is 12.0 Å². The molecule has 0 radical (unpaired) electrons. The standard InChI is InChI=1S/C63H114O12/c1-4-7-10-28-37-56(70-50-47-64)39-31-21-17-13-15-19-23-34-43-61(67)73-53-59(75-62(68)44-35-24-20-16-14-18-22-32-40-57(71-51-48-65)38-29-11-8-5-2)54-74-63(69)60-42-33-26-25-27-36-55(60)45-46-58(72-52-49-66)41-30-12-9-6-3/h21-22,31-32,45,56-60,64-66H,4-20,23-30,33-44,46-54H2,1-3H3/b31-21+,32-22-,55-45+. The molecule has 0 spiro atoms. The summed E-state index contributed by atoms with van der Waals surface area (Å²) in [6.07, 6.45) is 47.9. The molecule has 0 saturated heterocycles. The summed E-state index contributed by atoms with van der Waals surface area (Å²) in [5.41, 5.74) is 1.08. The molecule has 1 aliphatic carbocycles. The molecule has 3 N–H and O–H groups in total. The predicted octanol–water partition coefficient (Wildman–Crippen LogP) is 14.7. The van der Waals surface area contributed by atoms with E-state index in [1.54, 1.807) is 0 Å². The first-order valence-corrected chi connectivity index (χ1v) is 31.0. The first kappa shape index (κ1) is 70.4. The zero-order valence-corrected chi connectivity index (χ0v) is 48.3. The normalized spacial score (nSPS) is 16.5. The maximum Gasteiger partial charge on any atom is 0.313 e. The lowest BCUT2D eigenvalue weighted by molar-refractivity contribution is -0.168. The molecule has 75 heavy (non-hydrogen) atoms. The van der Waals surface area contributed by atoms with E-state index in [2.05, 4.69) is 51.2 Å². The van der Waals surface area contributed by atoms with Crippen molar-refractivity contribution in [2.24, 2.45) is 5.92 Å². The molecule has 0 aliphatic heterocycles. The highest BCUT2D eigenvalue weighted by molar-refractivity contribution is 5.76. The van der Waals surface area contributed by atoms with Crippen LogP contribution in [-0.4, -0.2) is 110 Å². The van der Waals surface area contributed by atoms with Gasteiger partial charge in [0.1, 0.15) is 13.2 Å². The van der Waals surface area contributed by atoms with Crippen molar-refractivity contribution in [3.8, 4) is 0 Å². The van der Waals surface area contributed by atoms with Gasteiger partial charge in [-0.3, -0.25) is 14.4 Å². The number of hydrogen-bond acceptors (Lipinski definition) is 12. The van der Waals surface area contributed by atoms with Crippen LogP contribution in [0.15, 0.2) is 36.0 Å². The maximum absolute atomic E-state index is 13.9. The fraction of sp³-hybridized carbons (Fsp3) is 0.857. The molecule has 0 aromatic heterocycles. The molecule has 438 valence electrons. The Morgan fingerprint density at radius 2 is 0.920 bits per heavy atom. The second-order valence-corrected chi connectivity index (χ2v) is 21.2.